The Bertz CT molecular complexity index is 516. The molecule has 5 heteroatoms. The number of hydrogen-bond acceptors (Lipinski definition) is 3. The van der Waals surface area contributed by atoms with E-state index in [1.54, 1.807) is 6.92 Å². The molecular weight excluding hydrogens is 184 g/mol. The van der Waals surface area contributed by atoms with Crippen molar-refractivity contribution in [3.05, 3.63) is 23.5 Å². The second-order valence-electron chi connectivity index (χ2n) is 3.02. The number of aromatic amines is 1. The van der Waals surface area contributed by atoms with Gasteiger partial charge in [0.25, 0.3) is 0 Å². The Labute approximate surface area is 79.0 Å². The van der Waals surface area contributed by atoms with Gasteiger partial charge in [0.2, 0.25) is 0 Å². The lowest BCUT2D eigenvalue weighted by atomic mass is 10.2. The summed E-state index contributed by atoms with van der Waals surface area (Å²) in [5, 5.41) is 18.2. The SMILES string of the molecule is Cc1nc2c(O)cc(C(=O)O)cc2[nH]1. The number of aromatic carboxylic acids is 1. The Morgan fingerprint density at radius 3 is 2.86 bits per heavy atom. The smallest absolute Gasteiger partial charge is 0.335 e. The minimum absolute atomic E-state index is 0.0404. The molecule has 0 saturated carbocycles. The number of carboxylic acids is 1. The summed E-state index contributed by atoms with van der Waals surface area (Å²) in [5.41, 5.74) is 0.964. The zero-order chi connectivity index (χ0) is 10.3. The Morgan fingerprint density at radius 2 is 2.21 bits per heavy atom. The summed E-state index contributed by atoms with van der Waals surface area (Å²) in [4.78, 5) is 17.5. The first-order valence-corrected chi connectivity index (χ1v) is 4.00. The van der Waals surface area contributed by atoms with Gasteiger partial charge in [-0.1, -0.05) is 0 Å². The van der Waals surface area contributed by atoms with Crippen molar-refractivity contribution in [3.63, 3.8) is 0 Å². The molecule has 0 fully saturated rings. The molecule has 14 heavy (non-hydrogen) atoms. The zero-order valence-electron chi connectivity index (χ0n) is 7.40. The van der Waals surface area contributed by atoms with Crippen LogP contribution in [0.4, 0.5) is 0 Å². The van der Waals surface area contributed by atoms with Gasteiger partial charge in [-0.2, -0.15) is 0 Å². The molecule has 2 rings (SSSR count). The molecular formula is C9H8N2O3. The highest BCUT2D eigenvalue weighted by molar-refractivity contribution is 5.94. The fraction of sp³-hybridized carbons (Fsp3) is 0.111. The third kappa shape index (κ3) is 1.19. The molecule has 0 aliphatic heterocycles. The number of nitrogens with zero attached hydrogens (tertiary/aromatic N) is 1. The number of rotatable bonds is 1. The van der Waals surface area contributed by atoms with Crippen molar-refractivity contribution < 1.29 is 15.0 Å². The topological polar surface area (TPSA) is 86.2 Å². The minimum atomic E-state index is -1.07. The van der Waals surface area contributed by atoms with Crippen LogP contribution in [-0.4, -0.2) is 26.2 Å². The Morgan fingerprint density at radius 1 is 1.50 bits per heavy atom. The number of phenols is 1. The molecule has 2 aromatic rings. The third-order valence-corrected chi connectivity index (χ3v) is 1.93. The van der Waals surface area contributed by atoms with Crippen molar-refractivity contribution >= 4 is 17.0 Å². The molecule has 1 heterocycles. The van der Waals surface area contributed by atoms with E-state index in [1.807, 2.05) is 0 Å². The van der Waals surface area contributed by atoms with Crippen molar-refractivity contribution in [3.8, 4) is 5.75 Å². The van der Waals surface area contributed by atoms with E-state index >= 15 is 0 Å². The normalized spacial score (nSPS) is 10.6. The molecule has 0 saturated heterocycles. The number of aromatic hydroxyl groups is 1. The van der Waals surface area contributed by atoms with E-state index in [4.69, 9.17) is 5.11 Å². The number of aromatic nitrogens is 2. The van der Waals surface area contributed by atoms with Crippen molar-refractivity contribution in [1.29, 1.82) is 0 Å². The van der Waals surface area contributed by atoms with E-state index < -0.39 is 5.97 Å². The maximum atomic E-state index is 10.7. The highest BCUT2D eigenvalue weighted by atomic mass is 16.4. The number of benzene rings is 1. The average molecular weight is 192 g/mol. The third-order valence-electron chi connectivity index (χ3n) is 1.93. The van der Waals surface area contributed by atoms with Gasteiger partial charge in [0.1, 0.15) is 17.1 Å². The summed E-state index contributed by atoms with van der Waals surface area (Å²) >= 11 is 0. The molecule has 0 atom stereocenters. The number of aryl methyl sites for hydroxylation is 1. The molecule has 0 radical (unpaired) electrons. The number of phenolic OH excluding ortho intramolecular Hbond substituents is 1. The van der Waals surface area contributed by atoms with Crippen LogP contribution in [0.3, 0.4) is 0 Å². The van der Waals surface area contributed by atoms with Crippen LogP contribution in [0.5, 0.6) is 5.75 Å². The van der Waals surface area contributed by atoms with Gasteiger partial charge in [0, 0.05) is 0 Å². The van der Waals surface area contributed by atoms with Gasteiger partial charge in [-0.15, -0.1) is 0 Å². The molecule has 0 spiro atoms. The summed E-state index contributed by atoms with van der Waals surface area (Å²) < 4.78 is 0. The molecule has 0 unspecified atom stereocenters. The van der Waals surface area contributed by atoms with Gasteiger partial charge in [-0.25, -0.2) is 9.78 Å². The molecule has 3 N–H and O–H groups in total. The lowest BCUT2D eigenvalue weighted by molar-refractivity contribution is 0.0696. The van der Waals surface area contributed by atoms with Crippen molar-refractivity contribution in [2.45, 2.75) is 6.92 Å². The van der Waals surface area contributed by atoms with Crippen LogP contribution < -0.4 is 0 Å². The first kappa shape index (κ1) is 8.55. The first-order valence-electron chi connectivity index (χ1n) is 4.00. The van der Waals surface area contributed by atoms with E-state index in [1.165, 1.54) is 12.1 Å². The molecule has 5 nitrogen and oxygen atoms in total. The van der Waals surface area contributed by atoms with E-state index in [0.29, 0.717) is 16.9 Å². The summed E-state index contributed by atoms with van der Waals surface area (Å²) in [7, 11) is 0. The maximum absolute atomic E-state index is 10.7. The molecule has 0 amide bonds. The number of carbonyl (C=O) groups is 1. The number of fused-ring (bicyclic) bond motifs is 1. The van der Waals surface area contributed by atoms with Gasteiger partial charge in [0.05, 0.1) is 11.1 Å². The molecule has 72 valence electrons. The fourth-order valence-electron chi connectivity index (χ4n) is 1.35. The largest absolute Gasteiger partial charge is 0.506 e. The molecule has 1 aromatic heterocycles. The first-order chi connectivity index (χ1) is 6.58. The predicted molar refractivity (Wildman–Crippen MR) is 49.5 cm³/mol. The van der Waals surface area contributed by atoms with Crippen molar-refractivity contribution in [2.24, 2.45) is 0 Å². The van der Waals surface area contributed by atoms with Crippen LogP contribution in [0.15, 0.2) is 12.1 Å². The quantitative estimate of drug-likeness (QED) is 0.635. The maximum Gasteiger partial charge on any atom is 0.335 e. The van der Waals surface area contributed by atoms with E-state index in [0.717, 1.165) is 0 Å². The second-order valence-corrected chi connectivity index (χ2v) is 3.02. The summed E-state index contributed by atoms with van der Waals surface area (Å²) in [6.45, 7) is 1.74. The summed E-state index contributed by atoms with van der Waals surface area (Å²) in [6.07, 6.45) is 0. The Hall–Kier alpha value is -2.04. The Kier molecular flexibility index (Phi) is 1.67. The van der Waals surface area contributed by atoms with Crippen LogP contribution in [0.25, 0.3) is 11.0 Å². The van der Waals surface area contributed by atoms with Crippen molar-refractivity contribution in [2.75, 3.05) is 0 Å². The lowest BCUT2D eigenvalue weighted by Gasteiger charge is -1.96. The highest BCUT2D eigenvalue weighted by Crippen LogP contribution is 2.24. The van der Waals surface area contributed by atoms with Gasteiger partial charge in [-0.3, -0.25) is 0 Å². The minimum Gasteiger partial charge on any atom is -0.506 e. The van der Waals surface area contributed by atoms with Crippen LogP contribution in [-0.2, 0) is 0 Å². The van der Waals surface area contributed by atoms with Gasteiger partial charge in [-0.05, 0) is 19.1 Å². The van der Waals surface area contributed by atoms with Gasteiger partial charge < -0.3 is 15.2 Å². The van der Waals surface area contributed by atoms with E-state index in [9.17, 15) is 9.90 Å². The Balaban J connectivity index is 2.77. The molecule has 0 bridgehead atoms. The lowest BCUT2D eigenvalue weighted by Crippen LogP contribution is -1.95. The average Bonchev–Trinajstić information content (AvgIpc) is 2.45. The van der Waals surface area contributed by atoms with E-state index in [-0.39, 0.29) is 11.3 Å². The fourth-order valence-corrected chi connectivity index (χ4v) is 1.35. The van der Waals surface area contributed by atoms with Crippen LogP contribution in [0.2, 0.25) is 0 Å². The molecule has 1 aromatic carbocycles. The van der Waals surface area contributed by atoms with Crippen LogP contribution in [0, 0.1) is 6.92 Å². The van der Waals surface area contributed by atoms with E-state index in [2.05, 4.69) is 9.97 Å². The number of hydrogen-bond donors (Lipinski definition) is 3. The summed E-state index contributed by atoms with van der Waals surface area (Å²) in [6, 6.07) is 2.63. The highest BCUT2D eigenvalue weighted by Gasteiger charge is 2.10. The standard InChI is InChI=1S/C9H8N2O3/c1-4-10-6-2-5(9(13)14)3-7(12)8(6)11-4/h2-3,12H,1H3,(H,10,11)(H,13,14). The van der Waals surface area contributed by atoms with Gasteiger partial charge in [0.15, 0.2) is 0 Å². The number of H-pyrrole nitrogens is 1. The number of nitrogens with one attached hydrogen (secondary N) is 1. The predicted octanol–water partition coefficient (Wildman–Crippen LogP) is 1.28. The van der Waals surface area contributed by atoms with Crippen molar-refractivity contribution in [1.82, 2.24) is 9.97 Å². The monoisotopic (exact) mass is 192 g/mol. The molecule has 0 aliphatic carbocycles. The number of imidazole rings is 1. The van der Waals surface area contributed by atoms with Crippen LogP contribution in [0.1, 0.15) is 16.2 Å². The number of carboxylic acid groups (broad SMARTS) is 1. The molecule has 0 aliphatic rings. The zero-order valence-corrected chi connectivity index (χ0v) is 7.40. The summed E-state index contributed by atoms with van der Waals surface area (Å²) in [5.74, 6) is -0.559. The van der Waals surface area contributed by atoms with Crippen LogP contribution >= 0.6 is 0 Å². The van der Waals surface area contributed by atoms with Gasteiger partial charge >= 0.3 is 5.97 Å². The second kappa shape index (κ2) is 2.73.